The first-order valence-electron chi connectivity index (χ1n) is 13.6. The maximum Gasteiger partial charge on any atom is 0.183 e. The Kier molecular flexibility index (Phi) is 9.03. The second-order valence-electron chi connectivity index (χ2n) is 10.6. The summed E-state index contributed by atoms with van der Waals surface area (Å²) in [6, 6.07) is 16.0. The van der Waals surface area contributed by atoms with Gasteiger partial charge in [0, 0.05) is 11.5 Å². The van der Waals surface area contributed by atoms with Gasteiger partial charge in [0.1, 0.15) is 0 Å². The zero-order valence-corrected chi connectivity index (χ0v) is 21.2. The zero-order chi connectivity index (χ0) is 23.0. The van der Waals surface area contributed by atoms with Gasteiger partial charge in [-0.2, -0.15) is 0 Å². The zero-order valence-electron chi connectivity index (χ0n) is 21.2. The Balaban J connectivity index is 1.33. The molecule has 0 atom stereocenters. The number of hydrogen-bond donors (Lipinski definition) is 0. The number of ether oxygens (including phenoxy) is 2. The highest BCUT2D eigenvalue weighted by Gasteiger charge is 2.24. The van der Waals surface area contributed by atoms with Gasteiger partial charge in [-0.05, 0) is 73.1 Å². The molecule has 1 saturated carbocycles. The summed E-state index contributed by atoms with van der Waals surface area (Å²) in [5.74, 6) is 2.27. The van der Waals surface area contributed by atoms with Crippen LogP contribution in [0.15, 0.2) is 42.5 Å². The van der Waals surface area contributed by atoms with E-state index >= 15 is 0 Å². The van der Waals surface area contributed by atoms with E-state index in [1.54, 1.807) is 5.56 Å². The molecule has 4 rings (SSSR count). The lowest BCUT2D eigenvalue weighted by Gasteiger charge is -2.30. The quantitative estimate of drug-likeness (QED) is 0.356. The monoisotopic (exact) mass is 448 g/mol. The van der Waals surface area contributed by atoms with Crippen LogP contribution in [0.1, 0.15) is 107 Å². The minimum atomic E-state index is -0.215. The highest BCUT2D eigenvalue weighted by molar-refractivity contribution is 5.68. The maximum absolute atomic E-state index is 6.06. The van der Waals surface area contributed by atoms with Crippen LogP contribution in [0.4, 0.5) is 0 Å². The highest BCUT2D eigenvalue weighted by atomic mass is 16.7. The van der Waals surface area contributed by atoms with Crippen LogP contribution in [0.3, 0.4) is 0 Å². The van der Waals surface area contributed by atoms with E-state index in [1.165, 1.54) is 80.9 Å². The topological polar surface area (TPSA) is 18.5 Å². The molecular weight excluding hydrogens is 404 g/mol. The summed E-state index contributed by atoms with van der Waals surface area (Å²) in [5, 5.41) is 0. The lowest BCUT2D eigenvalue weighted by molar-refractivity contribution is -0.206. The van der Waals surface area contributed by atoms with Crippen LogP contribution in [-0.4, -0.2) is 13.2 Å². The van der Waals surface area contributed by atoms with Crippen molar-refractivity contribution in [3.63, 3.8) is 0 Å². The summed E-state index contributed by atoms with van der Waals surface area (Å²) in [6.07, 6.45) is 13.1. The second kappa shape index (κ2) is 12.2. The predicted octanol–water partition coefficient (Wildman–Crippen LogP) is 8.98. The van der Waals surface area contributed by atoms with Crippen molar-refractivity contribution in [2.24, 2.45) is 11.8 Å². The van der Waals surface area contributed by atoms with Crippen molar-refractivity contribution in [1.29, 1.82) is 0 Å². The lowest BCUT2D eigenvalue weighted by Crippen LogP contribution is -2.27. The van der Waals surface area contributed by atoms with E-state index in [4.69, 9.17) is 9.47 Å². The average Bonchev–Trinajstić information content (AvgIpc) is 2.85. The van der Waals surface area contributed by atoms with Gasteiger partial charge in [-0.3, -0.25) is 0 Å². The summed E-state index contributed by atoms with van der Waals surface area (Å²) >= 11 is 0. The Morgan fingerprint density at radius 1 is 0.727 bits per heavy atom. The molecule has 1 aliphatic carbocycles. The third-order valence-corrected chi connectivity index (χ3v) is 7.94. The van der Waals surface area contributed by atoms with Crippen molar-refractivity contribution in [1.82, 2.24) is 0 Å². The van der Waals surface area contributed by atoms with Gasteiger partial charge in [-0.1, -0.05) is 88.4 Å². The van der Waals surface area contributed by atoms with Crippen LogP contribution in [0.2, 0.25) is 0 Å². The summed E-state index contributed by atoms with van der Waals surface area (Å²) in [5.41, 5.74) is 6.68. The number of hydrogen-bond acceptors (Lipinski definition) is 2. The van der Waals surface area contributed by atoms with E-state index in [9.17, 15) is 0 Å². The molecule has 0 bridgehead atoms. The molecule has 0 aromatic heterocycles. The van der Waals surface area contributed by atoms with Crippen LogP contribution in [0.25, 0.3) is 11.1 Å². The van der Waals surface area contributed by atoms with E-state index in [0.717, 1.165) is 30.6 Å². The molecule has 2 aromatic rings. The molecule has 0 N–H and O–H groups in total. The van der Waals surface area contributed by atoms with Crippen LogP contribution < -0.4 is 0 Å². The number of rotatable bonds is 9. The highest BCUT2D eigenvalue weighted by Crippen LogP contribution is 2.39. The van der Waals surface area contributed by atoms with Gasteiger partial charge >= 0.3 is 0 Å². The lowest BCUT2D eigenvalue weighted by atomic mass is 9.77. The first-order valence-corrected chi connectivity index (χ1v) is 13.6. The molecule has 180 valence electrons. The Bertz CT molecular complexity index is 840. The SMILES string of the molecule is CCCCCC1COC(c2ccc(-c3ccc([C@H]4CC[C@H](CCC)CC4)cc3C)cc2)OC1. The molecule has 1 heterocycles. The van der Waals surface area contributed by atoms with Gasteiger partial charge < -0.3 is 9.47 Å². The van der Waals surface area contributed by atoms with Gasteiger partial charge in [0.25, 0.3) is 0 Å². The van der Waals surface area contributed by atoms with E-state index in [0.29, 0.717) is 5.92 Å². The Hall–Kier alpha value is -1.64. The van der Waals surface area contributed by atoms with E-state index in [1.807, 2.05) is 0 Å². The summed E-state index contributed by atoms with van der Waals surface area (Å²) in [6.45, 7) is 8.47. The fraction of sp³-hybridized carbons (Fsp3) is 0.613. The Labute approximate surface area is 202 Å². The molecule has 2 heteroatoms. The summed E-state index contributed by atoms with van der Waals surface area (Å²) < 4.78 is 12.1. The largest absolute Gasteiger partial charge is 0.348 e. The Morgan fingerprint density at radius 3 is 2.06 bits per heavy atom. The fourth-order valence-electron chi connectivity index (χ4n) is 5.86. The fourth-order valence-corrected chi connectivity index (χ4v) is 5.86. The molecule has 2 aromatic carbocycles. The van der Waals surface area contributed by atoms with E-state index in [2.05, 4.69) is 63.2 Å². The second-order valence-corrected chi connectivity index (χ2v) is 10.6. The van der Waals surface area contributed by atoms with Crippen molar-refractivity contribution in [3.8, 4) is 11.1 Å². The molecule has 0 amide bonds. The summed E-state index contributed by atoms with van der Waals surface area (Å²) in [4.78, 5) is 0. The van der Waals surface area contributed by atoms with Crippen molar-refractivity contribution in [2.75, 3.05) is 13.2 Å². The normalized spacial score (nSPS) is 25.8. The van der Waals surface area contributed by atoms with Gasteiger partial charge in [-0.15, -0.1) is 0 Å². The molecule has 0 radical (unpaired) electrons. The maximum atomic E-state index is 6.06. The summed E-state index contributed by atoms with van der Waals surface area (Å²) in [7, 11) is 0. The van der Waals surface area contributed by atoms with Crippen LogP contribution in [0, 0.1) is 18.8 Å². The number of benzene rings is 2. The number of aryl methyl sites for hydroxylation is 1. The van der Waals surface area contributed by atoms with Gasteiger partial charge in [0.05, 0.1) is 13.2 Å². The van der Waals surface area contributed by atoms with Crippen LogP contribution in [-0.2, 0) is 9.47 Å². The van der Waals surface area contributed by atoms with Crippen molar-refractivity contribution in [2.45, 2.75) is 97.2 Å². The van der Waals surface area contributed by atoms with E-state index in [-0.39, 0.29) is 6.29 Å². The van der Waals surface area contributed by atoms with Crippen molar-refractivity contribution >= 4 is 0 Å². The van der Waals surface area contributed by atoms with E-state index < -0.39 is 0 Å². The molecule has 33 heavy (non-hydrogen) atoms. The molecule has 2 fully saturated rings. The average molecular weight is 449 g/mol. The standard InChI is InChI=1S/C31H44O2/c1-4-6-7-9-25-21-32-31(33-22-25)28-16-14-27(15-17-28)30-19-18-29(20-23(30)3)26-12-10-24(8-5-2)11-13-26/h14-20,24-26,31H,4-13,21-22H2,1-3H3/t24-,25?,26-,31?. The third kappa shape index (κ3) is 6.49. The molecule has 1 saturated heterocycles. The molecule has 2 aliphatic rings. The predicted molar refractivity (Wildman–Crippen MR) is 138 cm³/mol. The molecule has 0 unspecified atom stereocenters. The molecular formula is C31H44O2. The van der Waals surface area contributed by atoms with Gasteiger partial charge in [0.15, 0.2) is 6.29 Å². The smallest absolute Gasteiger partial charge is 0.183 e. The van der Waals surface area contributed by atoms with Gasteiger partial charge in [0.2, 0.25) is 0 Å². The van der Waals surface area contributed by atoms with Crippen LogP contribution >= 0.6 is 0 Å². The number of unbranched alkanes of at least 4 members (excludes halogenated alkanes) is 2. The van der Waals surface area contributed by atoms with Gasteiger partial charge in [-0.25, -0.2) is 0 Å². The third-order valence-electron chi connectivity index (χ3n) is 7.94. The molecule has 1 aliphatic heterocycles. The molecule has 0 spiro atoms. The molecule has 2 nitrogen and oxygen atoms in total. The van der Waals surface area contributed by atoms with Crippen molar-refractivity contribution < 1.29 is 9.47 Å². The minimum absolute atomic E-state index is 0.215. The van der Waals surface area contributed by atoms with Crippen molar-refractivity contribution in [3.05, 3.63) is 59.2 Å². The first kappa shape index (κ1) is 24.5. The first-order chi connectivity index (χ1) is 16.2. The Morgan fingerprint density at radius 2 is 1.42 bits per heavy atom. The minimum Gasteiger partial charge on any atom is -0.348 e. The van der Waals surface area contributed by atoms with Crippen LogP contribution in [0.5, 0.6) is 0 Å².